The van der Waals surface area contributed by atoms with Crippen LogP contribution in [0, 0.1) is 0 Å². The Labute approximate surface area is 166 Å². The molecule has 3 rings (SSSR count). The molecule has 2 aromatic carbocycles. The summed E-state index contributed by atoms with van der Waals surface area (Å²) in [4.78, 5) is 36.1. The van der Waals surface area contributed by atoms with E-state index in [1.54, 1.807) is 55.5 Å². The van der Waals surface area contributed by atoms with Gasteiger partial charge in [0.05, 0.1) is 5.56 Å². The summed E-state index contributed by atoms with van der Waals surface area (Å²) >= 11 is 1.12. The van der Waals surface area contributed by atoms with Crippen molar-refractivity contribution in [1.82, 2.24) is 5.32 Å². The van der Waals surface area contributed by atoms with Gasteiger partial charge in [-0.05, 0) is 56.2 Å². The highest BCUT2D eigenvalue weighted by atomic mass is 32.2. The Hall–Kier alpha value is -3.00. The molecule has 0 aliphatic heterocycles. The lowest BCUT2D eigenvalue weighted by atomic mass is 10.2. The summed E-state index contributed by atoms with van der Waals surface area (Å²) < 4.78 is 0. The van der Waals surface area contributed by atoms with E-state index in [2.05, 4.69) is 16.0 Å². The van der Waals surface area contributed by atoms with Crippen LogP contribution in [0.1, 0.15) is 30.1 Å². The molecule has 8 heteroatoms. The van der Waals surface area contributed by atoms with Crippen LogP contribution in [0.15, 0.2) is 53.4 Å². The molecule has 1 saturated carbocycles. The topological polar surface area (TPSA) is 108 Å². The van der Waals surface area contributed by atoms with E-state index in [1.807, 2.05) is 0 Å². The molecule has 0 radical (unpaired) electrons. The Kier molecular flexibility index (Phi) is 6.20. The number of aliphatic carboxylic acids is 1. The molecule has 0 spiro atoms. The van der Waals surface area contributed by atoms with Crippen LogP contribution in [-0.4, -0.2) is 34.3 Å². The normalized spacial score (nSPS) is 14.0. The number of benzene rings is 2. The molecule has 1 unspecified atom stereocenters. The zero-order valence-electron chi connectivity index (χ0n) is 15.3. The van der Waals surface area contributed by atoms with Gasteiger partial charge in [0.1, 0.15) is 5.25 Å². The van der Waals surface area contributed by atoms with Gasteiger partial charge in [0.25, 0.3) is 5.91 Å². The van der Waals surface area contributed by atoms with E-state index in [-0.39, 0.29) is 18.0 Å². The minimum absolute atomic E-state index is 0.238. The molecule has 0 aromatic heterocycles. The number of carbonyl (C=O) groups is 3. The van der Waals surface area contributed by atoms with E-state index in [0.29, 0.717) is 21.8 Å². The Bertz CT molecular complexity index is 881. The largest absolute Gasteiger partial charge is 0.480 e. The predicted octanol–water partition coefficient (Wildman–Crippen LogP) is 3.79. The maximum atomic E-state index is 12.6. The van der Waals surface area contributed by atoms with Gasteiger partial charge in [0.15, 0.2) is 0 Å². The molecule has 0 bridgehead atoms. The number of thioether (sulfide) groups is 1. The molecular weight excluding hydrogens is 378 g/mol. The Balaban J connectivity index is 1.63. The monoisotopic (exact) mass is 399 g/mol. The average molecular weight is 399 g/mol. The third-order valence-corrected chi connectivity index (χ3v) is 5.26. The zero-order chi connectivity index (χ0) is 20.1. The van der Waals surface area contributed by atoms with Crippen LogP contribution >= 0.6 is 11.8 Å². The third kappa shape index (κ3) is 5.50. The summed E-state index contributed by atoms with van der Waals surface area (Å²) in [6, 6.07) is 13.7. The quantitative estimate of drug-likeness (QED) is 0.530. The number of hydrogen-bond acceptors (Lipinski definition) is 4. The smallest absolute Gasteiger partial charge is 0.319 e. The van der Waals surface area contributed by atoms with Crippen molar-refractivity contribution >= 4 is 41.0 Å². The lowest BCUT2D eigenvalue weighted by Crippen LogP contribution is -2.30. The number of hydrogen-bond donors (Lipinski definition) is 4. The fourth-order valence-electron chi connectivity index (χ4n) is 2.41. The van der Waals surface area contributed by atoms with E-state index < -0.39 is 11.2 Å². The Morgan fingerprint density at radius 1 is 1.00 bits per heavy atom. The first kappa shape index (κ1) is 19.8. The standard InChI is InChI=1S/C20H21N3O4S/c1-12(19(25)26)28-17-5-3-2-4-16(17)18(24)21-13-6-8-14(9-7-13)22-20(27)23-15-10-11-15/h2-9,12,15H,10-11H2,1H3,(H,21,24)(H,25,26)(H2,22,23,27). The maximum Gasteiger partial charge on any atom is 0.319 e. The zero-order valence-corrected chi connectivity index (χ0v) is 16.1. The molecule has 0 heterocycles. The van der Waals surface area contributed by atoms with E-state index in [0.717, 1.165) is 24.6 Å². The van der Waals surface area contributed by atoms with Crippen molar-refractivity contribution in [1.29, 1.82) is 0 Å². The van der Waals surface area contributed by atoms with Crippen LogP contribution in [-0.2, 0) is 4.79 Å². The van der Waals surface area contributed by atoms with Crippen molar-refractivity contribution in [2.75, 3.05) is 10.6 Å². The van der Waals surface area contributed by atoms with Crippen molar-refractivity contribution < 1.29 is 19.5 Å². The van der Waals surface area contributed by atoms with Crippen LogP contribution in [0.3, 0.4) is 0 Å². The van der Waals surface area contributed by atoms with Gasteiger partial charge in [-0.25, -0.2) is 4.79 Å². The molecule has 0 saturated heterocycles. The van der Waals surface area contributed by atoms with Gasteiger partial charge in [-0.15, -0.1) is 11.8 Å². The van der Waals surface area contributed by atoms with Gasteiger partial charge in [-0.3, -0.25) is 9.59 Å². The van der Waals surface area contributed by atoms with Crippen molar-refractivity contribution in [3.8, 4) is 0 Å². The molecule has 3 amide bonds. The summed E-state index contributed by atoms with van der Waals surface area (Å²) in [5, 5.41) is 16.8. The number of carboxylic acids is 1. The van der Waals surface area contributed by atoms with Crippen LogP contribution in [0.4, 0.5) is 16.2 Å². The summed E-state index contributed by atoms with van der Waals surface area (Å²) in [6.45, 7) is 1.58. The molecule has 2 aromatic rings. The van der Waals surface area contributed by atoms with Gasteiger partial charge >= 0.3 is 12.0 Å². The minimum Gasteiger partial charge on any atom is -0.480 e. The van der Waals surface area contributed by atoms with Gasteiger partial charge < -0.3 is 21.1 Å². The van der Waals surface area contributed by atoms with Crippen LogP contribution in [0.25, 0.3) is 0 Å². The maximum absolute atomic E-state index is 12.6. The van der Waals surface area contributed by atoms with E-state index >= 15 is 0 Å². The molecule has 7 nitrogen and oxygen atoms in total. The second-order valence-electron chi connectivity index (χ2n) is 6.50. The SMILES string of the molecule is CC(Sc1ccccc1C(=O)Nc1ccc(NC(=O)NC2CC2)cc1)C(=O)O. The van der Waals surface area contributed by atoms with Crippen molar-refractivity contribution in [3.63, 3.8) is 0 Å². The van der Waals surface area contributed by atoms with Gasteiger partial charge in [-0.2, -0.15) is 0 Å². The fourth-order valence-corrected chi connectivity index (χ4v) is 3.34. The highest BCUT2D eigenvalue weighted by molar-refractivity contribution is 8.00. The fraction of sp³-hybridized carbons (Fsp3) is 0.250. The van der Waals surface area contributed by atoms with Crippen molar-refractivity contribution in [2.24, 2.45) is 0 Å². The number of nitrogens with one attached hydrogen (secondary N) is 3. The number of anilines is 2. The first-order valence-electron chi connectivity index (χ1n) is 8.90. The molecule has 1 fully saturated rings. The minimum atomic E-state index is -0.936. The summed E-state index contributed by atoms with van der Waals surface area (Å²) in [5.41, 5.74) is 1.61. The summed E-state index contributed by atoms with van der Waals surface area (Å²) in [5.74, 6) is -1.26. The average Bonchev–Trinajstić information content (AvgIpc) is 3.47. The highest BCUT2D eigenvalue weighted by Crippen LogP contribution is 2.28. The van der Waals surface area contributed by atoms with E-state index in [4.69, 9.17) is 5.11 Å². The lowest BCUT2D eigenvalue weighted by molar-refractivity contribution is -0.136. The van der Waals surface area contributed by atoms with Crippen molar-refractivity contribution in [3.05, 3.63) is 54.1 Å². The van der Waals surface area contributed by atoms with E-state index in [9.17, 15) is 14.4 Å². The number of carboxylic acid groups (broad SMARTS) is 1. The van der Waals surface area contributed by atoms with Crippen LogP contribution in [0.2, 0.25) is 0 Å². The van der Waals surface area contributed by atoms with Gasteiger partial charge in [-0.1, -0.05) is 12.1 Å². The molecule has 1 aliphatic carbocycles. The molecule has 28 heavy (non-hydrogen) atoms. The summed E-state index contributed by atoms with van der Waals surface area (Å²) in [7, 11) is 0. The first-order valence-corrected chi connectivity index (χ1v) is 9.78. The highest BCUT2D eigenvalue weighted by Gasteiger charge is 2.23. The van der Waals surface area contributed by atoms with Crippen molar-refractivity contribution in [2.45, 2.75) is 36.0 Å². The van der Waals surface area contributed by atoms with Gasteiger partial charge in [0, 0.05) is 22.3 Å². The molecule has 1 aliphatic rings. The predicted molar refractivity (Wildman–Crippen MR) is 109 cm³/mol. The molecule has 146 valence electrons. The number of carbonyl (C=O) groups excluding carboxylic acids is 2. The summed E-state index contributed by atoms with van der Waals surface area (Å²) in [6.07, 6.45) is 2.03. The van der Waals surface area contributed by atoms with E-state index in [1.165, 1.54) is 0 Å². The van der Waals surface area contributed by atoms with Crippen LogP contribution < -0.4 is 16.0 Å². The number of rotatable bonds is 7. The number of amides is 3. The second-order valence-corrected chi connectivity index (χ2v) is 7.88. The Morgan fingerprint density at radius 2 is 1.61 bits per heavy atom. The Morgan fingerprint density at radius 3 is 2.21 bits per heavy atom. The molecule has 4 N–H and O–H groups in total. The lowest BCUT2D eigenvalue weighted by Gasteiger charge is -2.12. The number of urea groups is 1. The third-order valence-electron chi connectivity index (χ3n) is 4.10. The second kappa shape index (κ2) is 8.79. The van der Waals surface area contributed by atoms with Gasteiger partial charge in [0.2, 0.25) is 0 Å². The first-order chi connectivity index (χ1) is 13.4. The molecule has 1 atom stereocenters. The van der Waals surface area contributed by atoms with Crippen LogP contribution in [0.5, 0.6) is 0 Å². The molecular formula is C20H21N3O4S.